The maximum absolute atomic E-state index is 13.0. The van der Waals surface area contributed by atoms with Crippen molar-refractivity contribution in [2.45, 2.75) is 18.9 Å². The molecular weight excluding hydrogens is 229 g/mol. The summed E-state index contributed by atoms with van der Waals surface area (Å²) in [5, 5.41) is -0.140. The van der Waals surface area contributed by atoms with Gasteiger partial charge < -0.3 is 0 Å². The van der Waals surface area contributed by atoms with Crippen molar-refractivity contribution in [3.8, 4) is 0 Å². The third-order valence-electron chi connectivity index (χ3n) is 1.99. The van der Waals surface area contributed by atoms with Crippen LogP contribution in [-0.4, -0.2) is 12.5 Å². The highest BCUT2D eigenvalue weighted by Gasteiger charge is 2.20. The Kier molecular flexibility index (Phi) is 4.38. The van der Waals surface area contributed by atoms with Gasteiger partial charge in [0.15, 0.2) is 0 Å². The Morgan fingerprint density at radius 1 is 1.40 bits per heavy atom. The number of halogens is 4. The number of hydrogen-bond donors (Lipinski definition) is 2. The van der Waals surface area contributed by atoms with Gasteiger partial charge in [0.2, 0.25) is 0 Å². The quantitative estimate of drug-likeness (QED) is 0.623. The van der Waals surface area contributed by atoms with Gasteiger partial charge in [0.05, 0.1) is 11.1 Å². The van der Waals surface area contributed by atoms with Crippen LogP contribution in [0.5, 0.6) is 0 Å². The van der Waals surface area contributed by atoms with E-state index in [9.17, 15) is 13.2 Å². The number of alkyl halides is 2. The molecule has 0 aliphatic carbocycles. The number of rotatable bonds is 4. The molecule has 0 aliphatic heterocycles. The molecule has 1 aromatic carbocycles. The van der Waals surface area contributed by atoms with Crippen LogP contribution >= 0.6 is 11.6 Å². The van der Waals surface area contributed by atoms with E-state index in [0.29, 0.717) is 5.56 Å². The monoisotopic (exact) mass is 238 g/mol. The van der Waals surface area contributed by atoms with Gasteiger partial charge in [0.1, 0.15) is 5.82 Å². The van der Waals surface area contributed by atoms with Gasteiger partial charge in [-0.15, -0.1) is 0 Å². The lowest BCUT2D eigenvalue weighted by atomic mass is 10.1. The molecule has 1 aromatic rings. The Hall–Kier alpha value is -0.780. The highest BCUT2D eigenvalue weighted by molar-refractivity contribution is 6.31. The van der Waals surface area contributed by atoms with Crippen molar-refractivity contribution in [3.05, 3.63) is 34.6 Å². The van der Waals surface area contributed by atoms with Crippen LogP contribution in [0.4, 0.5) is 13.2 Å². The minimum Gasteiger partial charge on any atom is -0.271 e. The van der Waals surface area contributed by atoms with Crippen molar-refractivity contribution in [1.29, 1.82) is 0 Å². The molecule has 2 nitrogen and oxygen atoms in total. The second-order valence-corrected chi connectivity index (χ2v) is 3.40. The first kappa shape index (κ1) is 12.3. The van der Waals surface area contributed by atoms with E-state index in [1.54, 1.807) is 0 Å². The highest BCUT2D eigenvalue weighted by atomic mass is 35.5. The second-order valence-electron chi connectivity index (χ2n) is 3.02. The topological polar surface area (TPSA) is 38.0 Å². The van der Waals surface area contributed by atoms with Crippen LogP contribution in [0.15, 0.2) is 18.2 Å². The van der Waals surface area contributed by atoms with Crippen molar-refractivity contribution in [3.63, 3.8) is 0 Å². The number of hydrogen-bond acceptors (Lipinski definition) is 2. The number of benzene rings is 1. The van der Waals surface area contributed by atoms with Crippen LogP contribution < -0.4 is 11.3 Å². The first-order chi connectivity index (χ1) is 7.06. The fraction of sp³-hybridized carbons (Fsp3) is 0.333. The molecule has 3 N–H and O–H groups in total. The maximum Gasteiger partial charge on any atom is 0.255 e. The van der Waals surface area contributed by atoms with E-state index < -0.39 is 18.3 Å². The van der Waals surface area contributed by atoms with Crippen LogP contribution in [0.25, 0.3) is 0 Å². The second kappa shape index (κ2) is 5.34. The lowest BCUT2D eigenvalue weighted by molar-refractivity contribution is 0.0984. The number of nitrogens with two attached hydrogens (primary N) is 1. The lowest BCUT2D eigenvalue weighted by Gasteiger charge is -2.15. The summed E-state index contributed by atoms with van der Waals surface area (Å²) in [5.41, 5.74) is 2.27. The SMILES string of the molecule is NNC(Cc1cccc(F)c1Cl)C(F)F. The first-order valence-corrected chi connectivity index (χ1v) is 4.61. The van der Waals surface area contributed by atoms with E-state index in [1.165, 1.54) is 18.2 Å². The van der Waals surface area contributed by atoms with Crippen LogP contribution in [-0.2, 0) is 6.42 Å². The van der Waals surface area contributed by atoms with E-state index >= 15 is 0 Å². The third kappa shape index (κ3) is 3.09. The predicted molar refractivity (Wildman–Crippen MR) is 52.2 cm³/mol. The minimum absolute atomic E-state index is 0.120. The fourth-order valence-electron chi connectivity index (χ4n) is 1.16. The molecule has 1 rings (SSSR count). The zero-order chi connectivity index (χ0) is 11.4. The molecule has 15 heavy (non-hydrogen) atoms. The molecule has 0 heterocycles. The fourth-order valence-corrected chi connectivity index (χ4v) is 1.37. The largest absolute Gasteiger partial charge is 0.271 e. The van der Waals surface area contributed by atoms with Crippen molar-refractivity contribution in [2.75, 3.05) is 0 Å². The molecular formula is C9H10ClF3N2. The van der Waals surface area contributed by atoms with Gasteiger partial charge in [0, 0.05) is 0 Å². The molecule has 84 valence electrons. The molecule has 6 heteroatoms. The lowest BCUT2D eigenvalue weighted by Crippen LogP contribution is -2.42. The molecule has 0 fully saturated rings. The summed E-state index contributed by atoms with van der Waals surface area (Å²) in [6.45, 7) is 0. The maximum atomic E-state index is 13.0. The molecule has 0 saturated carbocycles. The molecule has 0 amide bonds. The smallest absolute Gasteiger partial charge is 0.255 e. The number of hydrazine groups is 1. The van der Waals surface area contributed by atoms with E-state index in [2.05, 4.69) is 0 Å². The molecule has 1 atom stereocenters. The zero-order valence-corrected chi connectivity index (χ0v) is 8.44. The minimum atomic E-state index is -2.63. The van der Waals surface area contributed by atoms with E-state index in [0.717, 1.165) is 0 Å². The highest BCUT2D eigenvalue weighted by Crippen LogP contribution is 2.21. The summed E-state index contributed by atoms with van der Waals surface area (Å²) in [7, 11) is 0. The summed E-state index contributed by atoms with van der Waals surface area (Å²) in [6, 6.07) is 2.83. The van der Waals surface area contributed by atoms with E-state index in [-0.39, 0.29) is 11.4 Å². The Bertz CT molecular complexity index is 333. The Morgan fingerprint density at radius 3 is 2.60 bits per heavy atom. The van der Waals surface area contributed by atoms with Crippen LogP contribution in [0.1, 0.15) is 5.56 Å². The summed E-state index contributed by atoms with van der Waals surface area (Å²) in [4.78, 5) is 0. The van der Waals surface area contributed by atoms with Gasteiger partial charge >= 0.3 is 0 Å². The van der Waals surface area contributed by atoms with Crippen molar-refractivity contribution in [2.24, 2.45) is 5.84 Å². The van der Waals surface area contributed by atoms with Crippen LogP contribution in [0.2, 0.25) is 5.02 Å². The van der Waals surface area contributed by atoms with Crippen LogP contribution in [0.3, 0.4) is 0 Å². The van der Waals surface area contributed by atoms with Gasteiger partial charge in [-0.2, -0.15) is 0 Å². The molecule has 0 radical (unpaired) electrons. The first-order valence-electron chi connectivity index (χ1n) is 4.23. The van der Waals surface area contributed by atoms with Crippen molar-refractivity contribution < 1.29 is 13.2 Å². The molecule has 0 aliphatic rings. The average Bonchev–Trinajstić information content (AvgIpc) is 2.19. The van der Waals surface area contributed by atoms with Gasteiger partial charge in [-0.1, -0.05) is 23.7 Å². The van der Waals surface area contributed by atoms with E-state index in [1.807, 2.05) is 5.43 Å². The van der Waals surface area contributed by atoms with Gasteiger partial charge in [-0.3, -0.25) is 11.3 Å². The summed E-state index contributed by atoms with van der Waals surface area (Å²) in [5.74, 6) is 4.32. The van der Waals surface area contributed by atoms with E-state index in [4.69, 9.17) is 17.4 Å². The summed E-state index contributed by atoms with van der Waals surface area (Å²) in [6.07, 6.45) is -2.75. The zero-order valence-electron chi connectivity index (χ0n) is 7.68. The molecule has 0 saturated heterocycles. The van der Waals surface area contributed by atoms with Crippen molar-refractivity contribution >= 4 is 11.6 Å². The normalized spacial score (nSPS) is 13.2. The molecule has 0 bridgehead atoms. The standard InChI is InChI=1S/C9H10ClF3N2/c10-8-5(2-1-3-6(8)11)4-7(15-14)9(12)13/h1-3,7,9,15H,4,14H2. The third-order valence-corrected chi connectivity index (χ3v) is 2.41. The molecule has 1 unspecified atom stereocenters. The molecule has 0 spiro atoms. The summed E-state index contributed by atoms with van der Waals surface area (Å²) < 4.78 is 37.6. The van der Waals surface area contributed by atoms with Crippen LogP contribution in [0, 0.1) is 5.82 Å². The Balaban J connectivity index is 2.84. The van der Waals surface area contributed by atoms with Gasteiger partial charge in [0.25, 0.3) is 6.43 Å². The average molecular weight is 239 g/mol. The predicted octanol–water partition coefficient (Wildman–Crippen LogP) is 2.12. The Morgan fingerprint density at radius 2 is 2.07 bits per heavy atom. The Labute approximate surface area is 90.2 Å². The van der Waals surface area contributed by atoms with Gasteiger partial charge in [-0.05, 0) is 18.1 Å². The number of nitrogens with one attached hydrogen (secondary N) is 1. The molecule has 0 aromatic heterocycles. The van der Waals surface area contributed by atoms with Gasteiger partial charge in [-0.25, -0.2) is 13.2 Å². The summed E-state index contributed by atoms with van der Waals surface area (Å²) >= 11 is 5.61. The van der Waals surface area contributed by atoms with Crippen molar-refractivity contribution in [1.82, 2.24) is 5.43 Å².